The molecule has 0 atom stereocenters. The van der Waals surface area contributed by atoms with Gasteiger partial charge in [0, 0.05) is 25.0 Å². The van der Waals surface area contributed by atoms with E-state index in [2.05, 4.69) is 39.0 Å². The molecule has 1 saturated heterocycles. The summed E-state index contributed by atoms with van der Waals surface area (Å²) in [6.45, 7) is 5.96. The summed E-state index contributed by atoms with van der Waals surface area (Å²) in [4.78, 5) is 26.6. The number of piperidine rings is 1. The molecule has 7 heteroatoms. The van der Waals surface area contributed by atoms with Crippen LogP contribution in [0, 0.1) is 5.92 Å². The molecule has 4 heterocycles. The zero-order chi connectivity index (χ0) is 20.4. The van der Waals surface area contributed by atoms with Crippen LogP contribution in [0.5, 0.6) is 0 Å². The van der Waals surface area contributed by atoms with E-state index >= 15 is 0 Å². The van der Waals surface area contributed by atoms with Crippen LogP contribution in [0.3, 0.4) is 0 Å². The summed E-state index contributed by atoms with van der Waals surface area (Å²) in [6, 6.07) is 7.72. The summed E-state index contributed by atoms with van der Waals surface area (Å²) in [5.41, 5.74) is 3.22. The number of pyridine rings is 3. The number of hydrogen-bond acceptors (Lipinski definition) is 6. The second-order valence-corrected chi connectivity index (χ2v) is 8.07. The van der Waals surface area contributed by atoms with Gasteiger partial charge < -0.3 is 20.3 Å². The first-order chi connectivity index (χ1) is 14.0. The van der Waals surface area contributed by atoms with Gasteiger partial charge in [-0.1, -0.05) is 13.8 Å². The largest absolute Gasteiger partial charge is 0.393 e. The fourth-order valence-electron chi connectivity index (χ4n) is 3.78. The summed E-state index contributed by atoms with van der Waals surface area (Å²) >= 11 is 0. The highest BCUT2D eigenvalue weighted by Crippen LogP contribution is 2.26. The van der Waals surface area contributed by atoms with Crippen LogP contribution in [0.25, 0.3) is 10.9 Å². The van der Waals surface area contributed by atoms with Gasteiger partial charge in [-0.2, -0.15) is 0 Å². The van der Waals surface area contributed by atoms with Crippen molar-refractivity contribution >= 4 is 28.1 Å². The predicted molar refractivity (Wildman–Crippen MR) is 116 cm³/mol. The Labute approximate surface area is 169 Å². The van der Waals surface area contributed by atoms with Crippen molar-refractivity contribution in [3.05, 3.63) is 52.7 Å². The Morgan fingerprint density at radius 1 is 1.28 bits per heavy atom. The van der Waals surface area contributed by atoms with Gasteiger partial charge in [-0.3, -0.25) is 9.78 Å². The third-order valence-corrected chi connectivity index (χ3v) is 5.24. The molecule has 7 nitrogen and oxygen atoms in total. The Morgan fingerprint density at radius 3 is 2.76 bits per heavy atom. The maximum atomic E-state index is 12.4. The minimum absolute atomic E-state index is 0.169. The number of rotatable bonds is 5. The first-order valence-electron chi connectivity index (χ1n) is 10.2. The van der Waals surface area contributed by atoms with Crippen LogP contribution in [-0.2, 0) is 6.42 Å². The van der Waals surface area contributed by atoms with Crippen LogP contribution in [0.4, 0.5) is 17.2 Å². The van der Waals surface area contributed by atoms with Crippen LogP contribution < -0.4 is 15.8 Å². The second kappa shape index (κ2) is 8.21. The molecule has 0 aromatic carbocycles. The average Bonchev–Trinajstić information content (AvgIpc) is 2.69. The molecule has 29 heavy (non-hydrogen) atoms. The molecule has 0 aliphatic carbocycles. The standard InChI is InChI=1S/C22H27N5O2/c1-14(2)11-15-12-19(21-18(25-15)5-8-23-22(21)29)26-20-4-3-16(13-24-20)27-9-6-17(28)7-10-27/h3-5,8,12-14,17,28H,6-7,9-11H2,1-2H3,(H,23,29)(H,24,25,26). The fraction of sp³-hybridized carbons (Fsp3) is 0.409. The van der Waals surface area contributed by atoms with E-state index in [0.29, 0.717) is 28.3 Å². The maximum absolute atomic E-state index is 12.4. The van der Waals surface area contributed by atoms with Crippen LogP contribution in [0.15, 0.2) is 41.5 Å². The Kier molecular flexibility index (Phi) is 5.49. The third-order valence-electron chi connectivity index (χ3n) is 5.24. The molecule has 152 valence electrons. The number of anilines is 3. The monoisotopic (exact) mass is 393 g/mol. The number of H-pyrrole nitrogens is 1. The lowest BCUT2D eigenvalue weighted by atomic mass is 10.1. The van der Waals surface area contributed by atoms with Crippen molar-refractivity contribution < 1.29 is 5.11 Å². The summed E-state index contributed by atoms with van der Waals surface area (Å²) in [5, 5.41) is 13.5. The zero-order valence-electron chi connectivity index (χ0n) is 16.9. The third kappa shape index (κ3) is 4.40. The van der Waals surface area contributed by atoms with E-state index in [1.807, 2.05) is 30.5 Å². The summed E-state index contributed by atoms with van der Waals surface area (Å²) < 4.78 is 0. The number of nitrogens with one attached hydrogen (secondary N) is 2. The first-order valence-corrected chi connectivity index (χ1v) is 10.2. The Morgan fingerprint density at radius 2 is 2.07 bits per heavy atom. The molecule has 0 bridgehead atoms. The first kappa shape index (κ1) is 19.4. The molecule has 3 N–H and O–H groups in total. The van der Waals surface area contributed by atoms with Crippen molar-refractivity contribution in [2.75, 3.05) is 23.3 Å². The lowest BCUT2D eigenvalue weighted by molar-refractivity contribution is 0.145. The van der Waals surface area contributed by atoms with Gasteiger partial charge in [-0.15, -0.1) is 0 Å². The van der Waals surface area contributed by atoms with E-state index in [1.165, 1.54) is 0 Å². The molecule has 1 fully saturated rings. The zero-order valence-corrected chi connectivity index (χ0v) is 16.9. The maximum Gasteiger partial charge on any atom is 0.259 e. The fourth-order valence-corrected chi connectivity index (χ4v) is 3.78. The molecule has 3 aromatic rings. The molecule has 0 spiro atoms. The van der Waals surface area contributed by atoms with Gasteiger partial charge >= 0.3 is 0 Å². The van der Waals surface area contributed by atoms with E-state index in [1.54, 1.807) is 6.20 Å². The predicted octanol–water partition coefficient (Wildman–Crippen LogP) is 3.22. The highest BCUT2D eigenvalue weighted by atomic mass is 16.3. The Hall–Kier alpha value is -2.93. The van der Waals surface area contributed by atoms with Crippen molar-refractivity contribution in [3.63, 3.8) is 0 Å². The lowest BCUT2D eigenvalue weighted by Crippen LogP contribution is -2.35. The minimum atomic E-state index is -0.196. The minimum Gasteiger partial charge on any atom is -0.393 e. The molecule has 0 radical (unpaired) electrons. The average molecular weight is 393 g/mol. The SMILES string of the molecule is CC(C)Cc1cc(Nc2ccc(N3CCC(O)CC3)cn2)c2c(=O)[nH]ccc2n1. The van der Waals surface area contributed by atoms with Crippen molar-refractivity contribution in [1.29, 1.82) is 0 Å². The van der Waals surface area contributed by atoms with E-state index in [-0.39, 0.29) is 11.7 Å². The normalized spacial score (nSPS) is 15.2. The molecule has 3 aromatic heterocycles. The summed E-state index contributed by atoms with van der Waals surface area (Å²) in [7, 11) is 0. The molecule has 4 rings (SSSR count). The van der Waals surface area contributed by atoms with E-state index < -0.39 is 0 Å². The van der Waals surface area contributed by atoms with Crippen molar-refractivity contribution in [3.8, 4) is 0 Å². The quantitative estimate of drug-likeness (QED) is 0.616. The van der Waals surface area contributed by atoms with E-state index in [9.17, 15) is 9.90 Å². The van der Waals surface area contributed by atoms with Crippen molar-refractivity contribution in [2.24, 2.45) is 5.92 Å². The van der Waals surface area contributed by atoms with Crippen molar-refractivity contribution in [2.45, 2.75) is 39.2 Å². The van der Waals surface area contributed by atoms with Crippen LogP contribution >= 0.6 is 0 Å². The van der Waals surface area contributed by atoms with Gasteiger partial charge in [0.05, 0.1) is 34.6 Å². The number of fused-ring (bicyclic) bond motifs is 1. The van der Waals surface area contributed by atoms with Gasteiger partial charge in [0.25, 0.3) is 5.56 Å². The van der Waals surface area contributed by atoms with Crippen LogP contribution in [0.2, 0.25) is 0 Å². The number of hydrogen-bond donors (Lipinski definition) is 3. The van der Waals surface area contributed by atoms with Gasteiger partial charge in [-0.05, 0) is 49.4 Å². The van der Waals surface area contributed by atoms with Gasteiger partial charge in [0.2, 0.25) is 0 Å². The molecule has 0 unspecified atom stereocenters. The molecule has 0 amide bonds. The number of aliphatic hydroxyl groups is 1. The van der Waals surface area contributed by atoms with E-state index in [4.69, 9.17) is 0 Å². The van der Waals surface area contributed by atoms with Gasteiger partial charge in [0.15, 0.2) is 0 Å². The topological polar surface area (TPSA) is 94.1 Å². The highest BCUT2D eigenvalue weighted by molar-refractivity contribution is 5.92. The van der Waals surface area contributed by atoms with Crippen LogP contribution in [-0.4, -0.2) is 39.3 Å². The molecule has 1 aliphatic heterocycles. The molecule has 0 saturated carbocycles. The number of aliphatic hydroxyl groups excluding tert-OH is 1. The number of aromatic amines is 1. The van der Waals surface area contributed by atoms with Crippen LogP contribution in [0.1, 0.15) is 32.4 Å². The number of aromatic nitrogens is 3. The van der Waals surface area contributed by atoms with Crippen molar-refractivity contribution in [1.82, 2.24) is 15.0 Å². The lowest BCUT2D eigenvalue weighted by Gasteiger charge is -2.31. The highest BCUT2D eigenvalue weighted by Gasteiger charge is 2.17. The molecular formula is C22H27N5O2. The van der Waals surface area contributed by atoms with E-state index in [0.717, 1.165) is 43.7 Å². The van der Waals surface area contributed by atoms with Gasteiger partial charge in [-0.25, -0.2) is 4.98 Å². The second-order valence-electron chi connectivity index (χ2n) is 8.07. The molecule has 1 aliphatic rings. The smallest absolute Gasteiger partial charge is 0.259 e. The van der Waals surface area contributed by atoms with Gasteiger partial charge in [0.1, 0.15) is 5.82 Å². The summed E-state index contributed by atoms with van der Waals surface area (Å²) in [6.07, 6.45) is 5.67. The Balaban J connectivity index is 1.62. The number of nitrogens with zero attached hydrogens (tertiary/aromatic N) is 3. The molecular weight excluding hydrogens is 366 g/mol. The summed E-state index contributed by atoms with van der Waals surface area (Å²) in [5.74, 6) is 1.15. The Bertz CT molecular complexity index is 1040.